The van der Waals surface area contributed by atoms with Gasteiger partial charge in [0, 0.05) is 20.1 Å². The fraction of sp³-hybridized carbons (Fsp3) is 0.350. The molecular weight excluding hydrogens is 394 g/mol. The van der Waals surface area contributed by atoms with Crippen LogP contribution in [-0.4, -0.2) is 31.0 Å². The maximum Gasteiger partial charge on any atom is 0.307 e. The summed E-state index contributed by atoms with van der Waals surface area (Å²) in [7, 11) is -1.97. The van der Waals surface area contributed by atoms with Crippen molar-refractivity contribution in [1.29, 1.82) is 0 Å². The zero-order valence-corrected chi connectivity index (χ0v) is 17.4. The van der Waals surface area contributed by atoms with E-state index >= 15 is 0 Å². The van der Waals surface area contributed by atoms with E-state index < -0.39 is 10.0 Å². The first-order chi connectivity index (χ1) is 13.4. The number of fused-ring (bicyclic) bond motifs is 1. The first kappa shape index (κ1) is 19.3. The number of rotatable bonds is 6. The minimum atomic E-state index is -3.65. The van der Waals surface area contributed by atoms with Crippen LogP contribution in [-0.2, 0) is 30.2 Å². The second-order valence-corrected chi connectivity index (χ2v) is 9.94. The molecule has 8 heteroatoms. The van der Waals surface area contributed by atoms with Crippen molar-refractivity contribution in [2.24, 2.45) is 7.05 Å². The minimum absolute atomic E-state index is 0.104. The quantitative estimate of drug-likeness (QED) is 0.669. The Kier molecular flexibility index (Phi) is 5.37. The highest BCUT2D eigenvalue weighted by molar-refractivity contribution is 7.89. The Balaban J connectivity index is 1.48. The Morgan fingerprint density at radius 2 is 1.82 bits per heavy atom. The maximum absolute atomic E-state index is 12.7. The third-order valence-electron chi connectivity index (χ3n) is 5.14. The molecule has 148 valence electrons. The monoisotopic (exact) mass is 417 g/mol. The van der Waals surface area contributed by atoms with Crippen molar-refractivity contribution in [2.75, 3.05) is 13.1 Å². The van der Waals surface area contributed by atoms with Gasteiger partial charge in [0.05, 0.1) is 15.1 Å². The summed E-state index contributed by atoms with van der Waals surface area (Å²) in [5.74, 6) is 0. The number of benzene rings is 2. The van der Waals surface area contributed by atoms with Gasteiger partial charge >= 0.3 is 4.87 Å². The normalized spacial score (nSPS) is 15.5. The lowest BCUT2D eigenvalue weighted by Crippen LogP contribution is -2.23. The van der Waals surface area contributed by atoms with Crippen LogP contribution >= 0.6 is 11.3 Å². The number of hydrogen-bond acceptors (Lipinski definition) is 5. The van der Waals surface area contributed by atoms with Crippen molar-refractivity contribution in [3.8, 4) is 0 Å². The van der Waals surface area contributed by atoms with E-state index in [0.29, 0.717) is 4.70 Å². The second kappa shape index (κ2) is 7.79. The highest BCUT2D eigenvalue weighted by atomic mass is 32.2. The van der Waals surface area contributed by atoms with Gasteiger partial charge in [0.25, 0.3) is 0 Å². The molecule has 0 aliphatic carbocycles. The molecule has 0 spiro atoms. The lowest BCUT2D eigenvalue weighted by Gasteiger charge is -2.15. The number of thiazole rings is 1. The number of nitrogens with zero attached hydrogens (tertiary/aromatic N) is 2. The zero-order valence-electron chi connectivity index (χ0n) is 15.7. The van der Waals surface area contributed by atoms with Gasteiger partial charge in [0.15, 0.2) is 0 Å². The molecule has 1 N–H and O–H groups in total. The Morgan fingerprint density at radius 1 is 1.07 bits per heavy atom. The number of aromatic nitrogens is 1. The number of likely N-dealkylation sites (tertiary alicyclic amines) is 1. The number of aryl methyl sites for hydroxylation is 1. The average molecular weight is 418 g/mol. The smallest absolute Gasteiger partial charge is 0.302 e. The number of sulfonamides is 1. The fourth-order valence-electron chi connectivity index (χ4n) is 3.58. The van der Waals surface area contributed by atoms with Gasteiger partial charge in [-0.3, -0.25) is 9.69 Å². The third-order valence-corrected chi connectivity index (χ3v) is 7.53. The van der Waals surface area contributed by atoms with Gasteiger partial charge in [0.1, 0.15) is 0 Å². The lowest BCUT2D eigenvalue weighted by molar-refractivity contribution is 0.331. The van der Waals surface area contributed by atoms with Gasteiger partial charge in [-0.1, -0.05) is 35.6 Å². The molecule has 0 saturated carbocycles. The summed E-state index contributed by atoms with van der Waals surface area (Å²) in [5.41, 5.74) is 2.88. The molecule has 1 aromatic heterocycles. The van der Waals surface area contributed by atoms with E-state index in [9.17, 15) is 13.2 Å². The average Bonchev–Trinajstić information content (AvgIpc) is 3.28. The van der Waals surface area contributed by atoms with E-state index in [4.69, 9.17) is 0 Å². The summed E-state index contributed by atoms with van der Waals surface area (Å²) in [5, 5.41) is 0. The molecule has 6 nitrogen and oxygen atoms in total. The molecule has 28 heavy (non-hydrogen) atoms. The molecule has 1 saturated heterocycles. The Bertz CT molecular complexity index is 1160. The van der Waals surface area contributed by atoms with E-state index in [1.54, 1.807) is 25.2 Å². The van der Waals surface area contributed by atoms with Crippen molar-refractivity contribution in [3.63, 3.8) is 0 Å². The summed E-state index contributed by atoms with van der Waals surface area (Å²) in [4.78, 5) is 14.3. The molecule has 1 aliphatic rings. The van der Waals surface area contributed by atoms with Crippen LogP contribution in [0, 0.1) is 0 Å². The minimum Gasteiger partial charge on any atom is -0.302 e. The molecule has 0 bridgehead atoms. The Hall–Kier alpha value is -2.00. The molecule has 0 radical (unpaired) electrons. The van der Waals surface area contributed by atoms with E-state index in [1.165, 1.54) is 23.0 Å². The van der Waals surface area contributed by atoms with Crippen molar-refractivity contribution < 1.29 is 8.42 Å². The van der Waals surface area contributed by atoms with Gasteiger partial charge in [-0.05, 0) is 55.3 Å². The van der Waals surface area contributed by atoms with Crippen LogP contribution in [0.4, 0.5) is 0 Å². The molecule has 1 aliphatic heterocycles. The molecule has 2 heterocycles. The van der Waals surface area contributed by atoms with E-state index in [-0.39, 0.29) is 16.3 Å². The second-order valence-electron chi connectivity index (χ2n) is 7.18. The van der Waals surface area contributed by atoms with E-state index in [2.05, 4.69) is 21.8 Å². The first-order valence-electron chi connectivity index (χ1n) is 9.32. The molecule has 0 amide bonds. The topological polar surface area (TPSA) is 71.4 Å². The van der Waals surface area contributed by atoms with E-state index in [0.717, 1.165) is 42.1 Å². The van der Waals surface area contributed by atoms with Crippen molar-refractivity contribution in [3.05, 3.63) is 63.3 Å². The van der Waals surface area contributed by atoms with Crippen LogP contribution in [0.15, 0.2) is 52.2 Å². The largest absolute Gasteiger partial charge is 0.307 e. The molecule has 0 atom stereocenters. The first-order valence-corrected chi connectivity index (χ1v) is 11.6. The van der Waals surface area contributed by atoms with Crippen molar-refractivity contribution in [1.82, 2.24) is 14.2 Å². The third kappa shape index (κ3) is 4.05. The van der Waals surface area contributed by atoms with Gasteiger partial charge in [-0.15, -0.1) is 0 Å². The van der Waals surface area contributed by atoms with Crippen molar-refractivity contribution >= 4 is 31.6 Å². The standard InChI is InChI=1S/C20H23N3O3S2/c1-22-18-8-7-17(12-19(18)27-20(22)24)28(25,26)21-13-15-5-4-6-16(11-15)14-23-9-2-3-10-23/h4-8,11-12,21H,2-3,9-10,13-14H2,1H3. The van der Waals surface area contributed by atoms with Crippen LogP contribution in [0.5, 0.6) is 0 Å². The van der Waals surface area contributed by atoms with Crippen LogP contribution < -0.4 is 9.60 Å². The number of nitrogens with one attached hydrogen (secondary N) is 1. The summed E-state index contributed by atoms with van der Waals surface area (Å²) in [6.07, 6.45) is 2.50. The predicted octanol–water partition coefficient (Wildman–Crippen LogP) is 2.67. The number of hydrogen-bond donors (Lipinski definition) is 1. The van der Waals surface area contributed by atoms with Gasteiger partial charge in [-0.25, -0.2) is 13.1 Å². The molecular formula is C20H23N3O3S2. The summed E-state index contributed by atoms with van der Waals surface area (Å²) in [6.45, 7) is 3.40. The molecule has 3 aromatic rings. The highest BCUT2D eigenvalue weighted by Gasteiger charge is 2.16. The van der Waals surface area contributed by atoms with Gasteiger partial charge in [-0.2, -0.15) is 0 Å². The van der Waals surface area contributed by atoms with Crippen LogP contribution in [0.2, 0.25) is 0 Å². The van der Waals surface area contributed by atoms with Crippen LogP contribution in [0.1, 0.15) is 24.0 Å². The molecule has 0 unspecified atom stereocenters. The fourth-order valence-corrected chi connectivity index (χ4v) is 5.62. The lowest BCUT2D eigenvalue weighted by atomic mass is 10.1. The highest BCUT2D eigenvalue weighted by Crippen LogP contribution is 2.21. The summed E-state index contributed by atoms with van der Waals surface area (Å²) < 4.78 is 30.3. The van der Waals surface area contributed by atoms with E-state index in [1.807, 2.05) is 12.1 Å². The molecule has 4 rings (SSSR count). The summed E-state index contributed by atoms with van der Waals surface area (Å²) in [6, 6.07) is 12.8. The van der Waals surface area contributed by atoms with Gasteiger partial charge in [0.2, 0.25) is 10.0 Å². The Morgan fingerprint density at radius 3 is 2.61 bits per heavy atom. The maximum atomic E-state index is 12.7. The molecule has 2 aromatic carbocycles. The molecule has 1 fully saturated rings. The van der Waals surface area contributed by atoms with Crippen LogP contribution in [0.3, 0.4) is 0 Å². The SMILES string of the molecule is Cn1c(=O)sc2cc(S(=O)(=O)NCc3cccc(CN4CCCC4)c3)ccc21. The summed E-state index contributed by atoms with van der Waals surface area (Å²) >= 11 is 1.05. The van der Waals surface area contributed by atoms with Crippen LogP contribution in [0.25, 0.3) is 10.2 Å². The van der Waals surface area contributed by atoms with Gasteiger partial charge < -0.3 is 4.57 Å². The zero-order chi connectivity index (χ0) is 19.7. The van der Waals surface area contributed by atoms with Crippen molar-refractivity contribution in [2.45, 2.75) is 30.8 Å². The Labute approximate surface area is 168 Å². The predicted molar refractivity (Wildman–Crippen MR) is 112 cm³/mol.